The van der Waals surface area contributed by atoms with Crippen LogP contribution in [0.3, 0.4) is 0 Å². The molecule has 17 heavy (non-hydrogen) atoms. The number of benzene rings is 1. The largest absolute Gasteiger partial charge is 0.387 e. The van der Waals surface area contributed by atoms with Crippen LogP contribution in [0.5, 0.6) is 0 Å². The SMILES string of the molecule is CCS(=O)(=O)[C@@H](C)[C@H](O)c1ccc(Cl)cc1Cl. The normalized spacial score (nSPS) is 15.6. The maximum Gasteiger partial charge on any atom is 0.155 e. The van der Waals surface area contributed by atoms with Crippen molar-refractivity contribution in [3.8, 4) is 0 Å². The third kappa shape index (κ3) is 3.35. The minimum atomic E-state index is -3.31. The quantitative estimate of drug-likeness (QED) is 0.929. The summed E-state index contributed by atoms with van der Waals surface area (Å²) in [4.78, 5) is 0. The lowest BCUT2D eigenvalue weighted by Gasteiger charge is -2.19. The van der Waals surface area contributed by atoms with E-state index in [9.17, 15) is 13.5 Å². The van der Waals surface area contributed by atoms with Gasteiger partial charge in [-0.05, 0) is 19.1 Å². The summed E-state index contributed by atoms with van der Waals surface area (Å²) in [6.45, 7) is 3.01. The third-order valence-corrected chi connectivity index (χ3v) is 5.45. The second-order valence-corrected chi connectivity index (χ2v) is 7.26. The van der Waals surface area contributed by atoms with E-state index in [2.05, 4.69) is 0 Å². The van der Waals surface area contributed by atoms with Gasteiger partial charge < -0.3 is 5.11 Å². The van der Waals surface area contributed by atoms with Crippen molar-refractivity contribution in [2.45, 2.75) is 25.2 Å². The molecule has 0 radical (unpaired) electrons. The molecular formula is C11H14Cl2O3S. The number of sulfone groups is 1. The molecule has 6 heteroatoms. The Bertz CT molecular complexity index is 499. The Labute approximate surface area is 111 Å². The molecule has 0 fully saturated rings. The zero-order valence-electron chi connectivity index (χ0n) is 9.52. The summed E-state index contributed by atoms with van der Waals surface area (Å²) in [5.74, 6) is -0.0174. The molecule has 0 aliphatic heterocycles. The average Bonchev–Trinajstić information content (AvgIpc) is 2.27. The van der Waals surface area contributed by atoms with Gasteiger partial charge in [0, 0.05) is 21.4 Å². The van der Waals surface area contributed by atoms with Gasteiger partial charge in [0.25, 0.3) is 0 Å². The molecule has 1 aromatic rings. The van der Waals surface area contributed by atoms with Gasteiger partial charge in [0.15, 0.2) is 9.84 Å². The van der Waals surface area contributed by atoms with Crippen molar-refractivity contribution in [3.05, 3.63) is 33.8 Å². The summed E-state index contributed by atoms with van der Waals surface area (Å²) in [5.41, 5.74) is 0.376. The van der Waals surface area contributed by atoms with Crippen LogP contribution in [0.15, 0.2) is 18.2 Å². The molecule has 0 amide bonds. The highest BCUT2D eigenvalue weighted by atomic mass is 35.5. The molecule has 0 aromatic heterocycles. The Kier molecular flexibility index (Phi) is 4.84. The number of hydrogen-bond donors (Lipinski definition) is 1. The molecule has 0 spiro atoms. The Morgan fingerprint density at radius 3 is 2.41 bits per heavy atom. The molecule has 0 unspecified atom stereocenters. The lowest BCUT2D eigenvalue weighted by Crippen LogP contribution is -2.27. The Hall–Kier alpha value is -0.290. The molecule has 0 bridgehead atoms. The van der Waals surface area contributed by atoms with Gasteiger partial charge in [0.1, 0.15) is 0 Å². The molecule has 1 rings (SSSR count). The molecule has 0 aliphatic rings. The molecule has 3 nitrogen and oxygen atoms in total. The van der Waals surface area contributed by atoms with Crippen LogP contribution in [0.4, 0.5) is 0 Å². The van der Waals surface area contributed by atoms with Crippen LogP contribution < -0.4 is 0 Å². The predicted molar refractivity (Wildman–Crippen MR) is 70.3 cm³/mol. The van der Waals surface area contributed by atoms with Crippen molar-refractivity contribution in [2.75, 3.05) is 5.75 Å². The fraction of sp³-hybridized carbons (Fsp3) is 0.455. The van der Waals surface area contributed by atoms with Gasteiger partial charge >= 0.3 is 0 Å². The standard InChI is InChI=1S/C11H14Cl2O3S/c1-3-17(15,16)7(2)11(14)9-5-4-8(12)6-10(9)13/h4-7,11,14H,3H2,1-2H3/t7-,11-/m0/s1. The van der Waals surface area contributed by atoms with E-state index in [4.69, 9.17) is 23.2 Å². The number of aliphatic hydroxyl groups is 1. The molecule has 0 saturated heterocycles. The Morgan fingerprint density at radius 2 is 1.94 bits per heavy atom. The number of halogens is 2. The third-order valence-electron chi connectivity index (χ3n) is 2.69. The van der Waals surface area contributed by atoms with Crippen molar-refractivity contribution >= 4 is 33.0 Å². The van der Waals surface area contributed by atoms with Crippen LogP contribution in [0, 0.1) is 0 Å². The van der Waals surface area contributed by atoms with E-state index < -0.39 is 21.2 Å². The summed E-state index contributed by atoms with van der Waals surface area (Å²) in [5, 5.41) is 9.83. The van der Waals surface area contributed by atoms with Crippen molar-refractivity contribution in [2.24, 2.45) is 0 Å². The summed E-state index contributed by atoms with van der Waals surface area (Å²) in [6.07, 6.45) is -1.15. The van der Waals surface area contributed by atoms with Gasteiger partial charge in [-0.2, -0.15) is 0 Å². The van der Waals surface area contributed by atoms with E-state index in [-0.39, 0.29) is 10.8 Å². The summed E-state index contributed by atoms with van der Waals surface area (Å²) in [7, 11) is -3.31. The minimum absolute atomic E-state index is 0.0174. The molecule has 96 valence electrons. The van der Waals surface area contributed by atoms with E-state index in [0.717, 1.165) is 0 Å². The summed E-state index contributed by atoms with van der Waals surface area (Å²) >= 11 is 11.7. The lowest BCUT2D eigenvalue weighted by atomic mass is 10.1. The lowest BCUT2D eigenvalue weighted by molar-refractivity contribution is 0.176. The molecule has 0 aliphatic carbocycles. The number of aliphatic hydroxyl groups excluding tert-OH is 1. The topological polar surface area (TPSA) is 54.4 Å². The maximum atomic E-state index is 11.7. The fourth-order valence-corrected chi connectivity index (χ4v) is 3.04. The van der Waals surface area contributed by atoms with Crippen LogP contribution in [-0.4, -0.2) is 24.5 Å². The molecule has 2 atom stereocenters. The first kappa shape index (κ1) is 14.8. The molecule has 1 aromatic carbocycles. The van der Waals surface area contributed by atoms with Gasteiger partial charge in [0.05, 0.1) is 11.4 Å². The number of rotatable bonds is 4. The fourth-order valence-electron chi connectivity index (χ4n) is 1.45. The highest BCUT2D eigenvalue weighted by Gasteiger charge is 2.28. The maximum absolute atomic E-state index is 11.7. The second-order valence-electron chi connectivity index (χ2n) is 3.77. The van der Waals surface area contributed by atoms with E-state index in [1.807, 2.05) is 0 Å². The molecular weight excluding hydrogens is 283 g/mol. The van der Waals surface area contributed by atoms with E-state index in [1.165, 1.54) is 19.1 Å². The van der Waals surface area contributed by atoms with E-state index >= 15 is 0 Å². The second kappa shape index (κ2) is 5.57. The van der Waals surface area contributed by atoms with E-state index in [0.29, 0.717) is 10.6 Å². The monoisotopic (exact) mass is 296 g/mol. The zero-order chi connectivity index (χ0) is 13.2. The zero-order valence-corrected chi connectivity index (χ0v) is 11.9. The highest BCUT2D eigenvalue weighted by molar-refractivity contribution is 7.92. The predicted octanol–water partition coefficient (Wildman–Crippen LogP) is 2.85. The van der Waals surface area contributed by atoms with E-state index in [1.54, 1.807) is 13.0 Å². The van der Waals surface area contributed by atoms with Crippen LogP contribution in [0.1, 0.15) is 25.5 Å². The molecule has 0 saturated carbocycles. The highest BCUT2D eigenvalue weighted by Crippen LogP contribution is 2.30. The molecule has 1 N–H and O–H groups in total. The van der Waals surface area contributed by atoms with Gasteiger partial charge in [-0.15, -0.1) is 0 Å². The smallest absolute Gasteiger partial charge is 0.155 e. The van der Waals surface area contributed by atoms with Crippen LogP contribution in [0.25, 0.3) is 0 Å². The minimum Gasteiger partial charge on any atom is -0.387 e. The number of hydrogen-bond acceptors (Lipinski definition) is 3. The van der Waals surface area contributed by atoms with Crippen molar-refractivity contribution < 1.29 is 13.5 Å². The summed E-state index contributed by atoms with van der Waals surface area (Å²) in [6, 6.07) is 4.58. The van der Waals surface area contributed by atoms with Crippen LogP contribution in [-0.2, 0) is 9.84 Å². The molecule has 0 heterocycles. The van der Waals surface area contributed by atoms with Crippen LogP contribution >= 0.6 is 23.2 Å². The van der Waals surface area contributed by atoms with Gasteiger partial charge in [-0.25, -0.2) is 8.42 Å². The summed E-state index contributed by atoms with van der Waals surface area (Å²) < 4.78 is 23.3. The van der Waals surface area contributed by atoms with Gasteiger partial charge in [-0.3, -0.25) is 0 Å². The first-order valence-electron chi connectivity index (χ1n) is 5.14. The Morgan fingerprint density at radius 1 is 1.35 bits per heavy atom. The van der Waals surface area contributed by atoms with Crippen molar-refractivity contribution in [1.82, 2.24) is 0 Å². The first-order chi connectivity index (χ1) is 7.79. The average molecular weight is 297 g/mol. The van der Waals surface area contributed by atoms with Gasteiger partial charge in [0.2, 0.25) is 0 Å². The Balaban J connectivity index is 3.09. The van der Waals surface area contributed by atoms with Crippen molar-refractivity contribution in [1.29, 1.82) is 0 Å². The van der Waals surface area contributed by atoms with Crippen LogP contribution in [0.2, 0.25) is 10.0 Å². The van der Waals surface area contributed by atoms with Gasteiger partial charge in [-0.1, -0.05) is 36.2 Å². The van der Waals surface area contributed by atoms with Crippen molar-refractivity contribution in [3.63, 3.8) is 0 Å². The first-order valence-corrected chi connectivity index (χ1v) is 7.61.